The van der Waals surface area contributed by atoms with Gasteiger partial charge < -0.3 is 20.1 Å². The van der Waals surface area contributed by atoms with Crippen LogP contribution in [0.2, 0.25) is 0 Å². The molecule has 9 nitrogen and oxygen atoms in total. The number of rotatable bonds is 6. The highest BCUT2D eigenvalue weighted by Crippen LogP contribution is 2.34. The van der Waals surface area contributed by atoms with Gasteiger partial charge >= 0.3 is 0 Å². The molecule has 0 saturated carbocycles. The van der Waals surface area contributed by atoms with Crippen LogP contribution in [0, 0.1) is 13.8 Å². The zero-order valence-electron chi connectivity index (χ0n) is 18.6. The van der Waals surface area contributed by atoms with Gasteiger partial charge in [-0.2, -0.15) is 4.31 Å². The molecule has 10 heteroatoms. The monoisotopic (exact) mass is 473 g/mol. The number of hydrogen-bond donors (Lipinski definition) is 2. The summed E-state index contributed by atoms with van der Waals surface area (Å²) >= 11 is 0. The van der Waals surface area contributed by atoms with Crippen molar-refractivity contribution in [2.75, 3.05) is 31.6 Å². The normalized spacial score (nSPS) is 18.1. The summed E-state index contributed by atoms with van der Waals surface area (Å²) in [5, 5.41) is 5.36. The molecule has 176 valence electrons. The van der Waals surface area contributed by atoms with Crippen LogP contribution in [-0.2, 0) is 19.6 Å². The first-order valence-electron chi connectivity index (χ1n) is 10.8. The smallest absolute Gasteiger partial charge is 0.243 e. The highest BCUT2D eigenvalue weighted by molar-refractivity contribution is 7.89. The summed E-state index contributed by atoms with van der Waals surface area (Å²) in [5.41, 5.74) is 2.67. The quantitative estimate of drug-likeness (QED) is 0.663. The van der Waals surface area contributed by atoms with Gasteiger partial charge in [-0.25, -0.2) is 8.42 Å². The molecule has 0 aliphatic carbocycles. The van der Waals surface area contributed by atoms with Crippen molar-refractivity contribution < 1.29 is 27.5 Å². The molecule has 2 heterocycles. The van der Waals surface area contributed by atoms with E-state index in [4.69, 9.17) is 9.47 Å². The minimum absolute atomic E-state index is 0.0408. The lowest BCUT2D eigenvalue weighted by Crippen LogP contribution is -2.47. The fourth-order valence-corrected chi connectivity index (χ4v) is 5.65. The molecular weight excluding hydrogens is 446 g/mol. The number of ether oxygens (including phenoxy) is 2. The molecule has 2 amide bonds. The summed E-state index contributed by atoms with van der Waals surface area (Å²) in [4.78, 5) is 25.2. The third kappa shape index (κ3) is 4.81. The average Bonchev–Trinajstić information content (AvgIpc) is 3.31. The standard InChI is InChI=1S/C23H27N3O6S/c1-15-5-3-6-18(16(15)2)25-22(27)14-24-23(28)19-7-4-10-26(19)33(29,30)17-8-9-20-21(13-17)32-12-11-31-20/h3,5-6,8-9,13,19H,4,7,10-12,14H2,1-2H3,(H,24,28)(H,25,27). The predicted molar refractivity (Wildman–Crippen MR) is 122 cm³/mol. The van der Waals surface area contributed by atoms with Crippen molar-refractivity contribution in [3.8, 4) is 11.5 Å². The Labute approximate surface area is 193 Å². The lowest BCUT2D eigenvalue weighted by Gasteiger charge is -2.24. The molecular formula is C23H27N3O6S. The van der Waals surface area contributed by atoms with Gasteiger partial charge in [0.05, 0.1) is 11.4 Å². The number of benzene rings is 2. The van der Waals surface area contributed by atoms with Gasteiger partial charge in [0, 0.05) is 18.3 Å². The van der Waals surface area contributed by atoms with Crippen LogP contribution in [0.4, 0.5) is 5.69 Å². The molecule has 1 fully saturated rings. The van der Waals surface area contributed by atoms with Gasteiger partial charge in [-0.3, -0.25) is 9.59 Å². The molecule has 2 aliphatic rings. The maximum atomic E-state index is 13.3. The van der Waals surface area contributed by atoms with Crippen molar-refractivity contribution in [1.82, 2.24) is 9.62 Å². The Morgan fingerprint density at radius 1 is 1.09 bits per heavy atom. The first-order chi connectivity index (χ1) is 15.8. The SMILES string of the molecule is Cc1cccc(NC(=O)CNC(=O)C2CCCN2S(=O)(=O)c2ccc3c(c2)OCCO3)c1C. The van der Waals surface area contributed by atoms with Crippen LogP contribution in [0.25, 0.3) is 0 Å². The third-order valence-electron chi connectivity index (χ3n) is 5.93. The summed E-state index contributed by atoms with van der Waals surface area (Å²) in [6.45, 7) is 4.58. The predicted octanol–water partition coefficient (Wildman–Crippen LogP) is 1.98. The molecule has 1 atom stereocenters. The lowest BCUT2D eigenvalue weighted by atomic mass is 10.1. The zero-order chi connectivity index (χ0) is 23.6. The van der Waals surface area contributed by atoms with E-state index in [2.05, 4.69) is 10.6 Å². The van der Waals surface area contributed by atoms with Crippen LogP contribution >= 0.6 is 0 Å². The summed E-state index contributed by atoms with van der Waals surface area (Å²) in [7, 11) is -3.93. The molecule has 2 N–H and O–H groups in total. The van der Waals surface area contributed by atoms with Crippen LogP contribution in [0.15, 0.2) is 41.3 Å². The van der Waals surface area contributed by atoms with E-state index < -0.39 is 22.0 Å². The number of nitrogens with one attached hydrogen (secondary N) is 2. The zero-order valence-corrected chi connectivity index (χ0v) is 19.4. The molecule has 0 aromatic heterocycles. The lowest BCUT2D eigenvalue weighted by molar-refractivity contribution is -0.126. The highest BCUT2D eigenvalue weighted by Gasteiger charge is 2.40. The number of carbonyl (C=O) groups is 2. The largest absolute Gasteiger partial charge is 0.486 e. The summed E-state index contributed by atoms with van der Waals surface area (Å²) in [6, 6.07) is 9.14. The van der Waals surface area contributed by atoms with E-state index in [0.717, 1.165) is 11.1 Å². The van der Waals surface area contributed by atoms with Gasteiger partial charge in [0.1, 0.15) is 19.3 Å². The molecule has 2 aromatic rings. The Morgan fingerprint density at radius 2 is 1.85 bits per heavy atom. The first-order valence-corrected chi connectivity index (χ1v) is 12.3. The molecule has 0 bridgehead atoms. The summed E-state index contributed by atoms with van der Waals surface area (Å²) in [6.07, 6.45) is 0.935. The minimum atomic E-state index is -3.93. The Kier molecular flexibility index (Phi) is 6.57. The Hall–Kier alpha value is -3.11. The number of hydrogen-bond acceptors (Lipinski definition) is 6. The van der Waals surface area contributed by atoms with Gasteiger partial charge in [-0.1, -0.05) is 12.1 Å². The molecule has 4 rings (SSSR count). The van der Waals surface area contributed by atoms with Gasteiger partial charge in [0.2, 0.25) is 21.8 Å². The van der Waals surface area contributed by atoms with Crippen LogP contribution in [0.3, 0.4) is 0 Å². The van der Waals surface area contributed by atoms with Crippen LogP contribution in [0.5, 0.6) is 11.5 Å². The van der Waals surface area contributed by atoms with Gasteiger partial charge in [0.25, 0.3) is 0 Å². The van der Waals surface area contributed by atoms with E-state index in [0.29, 0.717) is 43.2 Å². The Balaban J connectivity index is 1.41. The second kappa shape index (κ2) is 9.40. The van der Waals surface area contributed by atoms with E-state index in [9.17, 15) is 18.0 Å². The number of aryl methyl sites for hydroxylation is 1. The highest BCUT2D eigenvalue weighted by atomic mass is 32.2. The van der Waals surface area contributed by atoms with E-state index in [-0.39, 0.29) is 23.9 Å². The number of fused-ring (bicyclic) bond motifs is 1. The molecule has 33 heavy (non-hydrogen) atoms. The fraction of sp³-hybridized carbons (Fsp3) is 0.391. The number of anilines is 1. The second-order valence-corrected chi connectivity index (χ2v) is 9.98. The molecule has 0 spiro atoms. The number of amides is 2. The van der Waals surface area contributed by atoms with Crippen molar-refractivity contribution in [3.63, 3.8) is 0 Å². The van der Waals surface area contributed by atoms with Crippen LogP contribution in [-0.4, -0.2) is 56.9 Å². The fourth-order valence-electron chi connectivity index (χ4n) is 3.98. The Bertz CT molecular complexity index is 1180. The summed E-state index contributed by atoms with van der Waals surface area (Å²) < 4.78 is 38.6. The van der Waals surface area contributed by atoms with Crippen molar-refractivity contribution in [3.05, 3.63) is 47.5 Å². The molecule has 1 saturated heterocycles. The topological polar surface area (TPSA) is 114 Å². The number of carbonyl (C=O) groups excluding carboxylic acids is 2. The van der Waals surface area contributed by atoms with E-state index in [1.807, 2.05) is 26.0 Å². The maximum absolute atomic E-state index is 13.3. The van der Waals surface area contributed by atoms with Crippen molar-refractivity contribution >= 4 is 27.5 Å². The van der Waals surface area contributed by atoms with Crippen molar-refractivity contribution in [2.24, 2.45) is 0 Å². The molecule has 2 aromatic carbocycles. The van der Waals surface area contributed by atoms with E-state index >= 15 is 0 Å². The van der Waals surface area contributed by atoms with Gasteiger partial charge in [0.15, 0.2) is 11.5 Å². The van der Waals surface area contributed by atoms with Gasteiger partial charge in [-0.05, 0) is 56.0 Å². The molecule has 0 radical (unpaired) electrons. The van der Waals surface area contributed by atoms with Crippen molar-refractivity contribution in [2.45, 2.75) is 37.6 Å². The van der Waals surface area contributed by atoms with Crippen LogP contribution < -0.4 is 20.1 Å². The summed E-state index contributed by atoms with van der Waals surface area (Å²) in [5.74, 6) is -0.0163. The average molecular weight is 474 g/mol. The number of nitrogens with zero attached hydrogens (tertiary/aromatic N) is 1. The van der Waals surface area contributed by atoms with E-state index in [1.54, 1.807) is 12.1 Å². The van der Waals surface area contributed by atoms with E-state index in [1.165, 1.54) is 16.4 Å². The maximum Gasteiger partial charge on any atom is 0.243 e. The third-order valence-corrected chi connectivity index (χ3v) is 7.83. The van der Waals surface area contributed by atoms with Gasteiger partial charge in [-0.15, -0.1) is 0 Å². The van der Waals surface area contributed by atoms with Crippen molar-refractivity contribution in [1.29, 1.82) is 0 Å². The van der Waals surface area contributed by atoms with Crippen LogP contribution in [0.1, 0.15) is 24.0 Å². The molecule has 1 unspecified atom stereocenters. The minimum Gasteiger partial charge on any atom is -0.486 e. The Morgan fingerprint density at radius 3 is 2.64 bits per heavy atom. The first kappa shape index (κ1) is 23.1. The molecule has 2 aliphatic heterocycles. The second-order valence-electron chi connectivity index (χ2n) is 8.09. The number of sulfonamides is 1.